The van der Waals surface area contributed by atoms with Crippen LogP contribution in [0.25, 0.3) is 97.1 Å². The fraction of sp³-hybridized carbons (Fsp3) is 0. The molecule has 0 saturated carbocycles. The van der Waals surface area contributed by atoms with Crippen LogP contribution in [0.2, 0.25) is 0 Å². The fourth-order valence-electron chi connectivity index (χ4n) is 8.27. The lowest BCUT2D eigenvalue weighted by atomic mass is 9.98. The first kappa shape index (κ1) is 28.8. The molecule has 0 aliphatic carbocycles. The molecule has 0 aliphatic heterocycles. The van der Waals surface area contributed by atoms with E-state index < -0.39 is 0 Å². The van der Waals surface area contributed by atoms with E-state index in [2.05, 4.69) is 138 Å². The Labute approximate surface area is 306 Å². The van der Waals surface area contributed by atoms with Crippen LogP contribution in [-0.2, 0) is 0 Å². The van der Waals surface area contributed by atoms with Crippen LogP contribution in [0.15, 0.2) is 177 Å². The number of benzene rings is 8. The highest BCUT2D eigenvalue weighted by Gasteiger charge is 2.20. The van der Waals surface area contributed by atoms with Crippen LogP contribution in [0.1, 0.15) is 0 Å². The lowest BCUT2D eigenvalue weighted by Gasteiger charge is -2.25. The summed E-state index contributed by atoms with van der Waals surface area (Å²) in [6, 6.07) is 57.7. The smallest absolute Gasteiger partial charge is 0.144 e. The summed E-state index contributed by atoms with van der Waals surface area (Å²) in [5.74, 6) is 0. The highest BCUT2D eigenvalue weighted by Crippen LogP contribution is 2.46. The average Bonchev–Trinajstić information content (AvgIpc) is 3.97. The predicted octanol–water partition coefficient (Wildman–Crippen LogP) is 14.9. The van der Waals surface area contributed by atoms with E-state index in [0.29, 0.717) is 0 Å². The second kappa shape index (κ2) is 10.8. The van der Waals surface area contributed by atoms with E-state index in [1.165, 1.54) is 25.7 Å². The van der Waals surface area contributed by atoms with E-state index >= 15 is 0 Å². The highest BCUT2D eigenvalue weighted by molar-refractivity contribution is 7.26. The van der Waals surface area contributed by atoms with E-state index in [9.17, 15) is 0 Å². The Hall–Kier alpha value is -6.82. The minimum absolute atomic E-state index is 0.850. The van der Waals surface area contributed by atoms with Crippen molar-refractivity contribution in [1.82, 2.24) is 0 Å². The monoisotopic (exact) mass is 697 g/mol. The van der Waals surface area contributed by atoms with Gasteiger partial charge in [0.2, 0.25) is 0 Å². The maximum atomic E-state index is 6.56. The van der Waals surface area contributed by atoms with Crippen LogP contribution in [-0.4, -0.2) is 0 Å². The predicted molar refractivity (Wildman–Crippen MR) is 221 cm³/mol. The number of hydrogen-bond acceptors (Lipinski definition) is 5. The van der Waals surface area contributed by atoms with E-state index in [1.54, 1.807) is 0 Å². The third kappa shape index (κ3) is 4.23. The Balaban J connectivity index is 1.04. The number of hydrogen-bond donors (Lipinski definition) is 0. The van der Waals surface area contributed by atoms with Crippen molar-refractivity contribution in [3.8, 4) is 11.1 Å². The Morgan fingerprint density at radius 3 is 1.51 bits per heavy atom. The molecule has 0 atom stereocenters. The summed E-state index contributed by atoms with van der Waals surface area (Å²) in [6.45, 7) is 0. The molecule has 0 radical (unpaired) electrons. The van der Waals surface area contributed by atoms with Crippen molar-refractivity contribution in [3.63, 3.8) is 0 Å². The minimum Gasteiger partial charge on any atom is -0.456 e. The Morgan fingerprint density at radius 1 is 0.358 bits per heavy atom. The Kier molecular flexibility index (Phi) is 5.90. The second-order valence-corrected chi connectivity index (χ2v) is 14.7. The maximum absolute atomic E-state index is 6.56. The summed E-state index contributed by atoms with van der Waals surface area (Å²) in [5, 5.41) is 9.13. The highest BCUT2D eigenvalue weighted by atomic mass is 32.1. The van der Waals surface area contributed by atoms with Gasteiger partial charge in [0.15, 0.2) is 0 Å². The lowest BCUT2D eigenvalue weighted by molar-refractivity contribution is 0.669. The zero-order valence-corrected chi connectivity index (χ0v) is 29.0. The first-order valence-electron chi connectivity index (χ1n) is 17.7. The van der Waals surface area contributed by atoms with Crippen LogP contribution in [0, 0.1) is 0 Å². The quantitative estimate of drug-likeness (QED) is 0.184. The van der Waals surface area contributed by atoms with Crippen LogP contribution in [0.4, 0.5) is 17.1 Å². The summed E-state index contributed by atoms with van der Waals surface area (Å²) in [5.41, 5.74) is 10.7. The number of para-hydroxylation sites is 3. The number of nitrogens with zero attached hydrogens (tertiary/aromatic N) is 1. The summed E-state index contributed by atoms with van der Waals surface area (Å²) >= 11 is 1.82. The lowest BCUT2D eigenvalue weighted by Crippen LogP contribution is -2.09. The number of rotatable bonds is 4. The van der Waals surface area contributed by atoms with Crippen LogP contribution < -0.4 is 4.90 Å². The summed E-state index contributed by atoms with van der Waals surface area (Å²) < 4.78 is 21.8. The third-order valence-electron chi connectivity index (χ3n) is 10.7. The van der Waals surface area contributed by atoms with Crippen molar-refractivity contribution in [1.29, 1.82) is 0 Å². The molecular weight excluding hydrogens is 671 g/mol. The molecule has 0 aliphatic rings. The molecule has 0 saturated heterocycles. The van der Waals surface area contributed by atoms with E-state index in [-0.39, 0.29) is 0 Å². The summed E-state index contributed by atoms with van der Waals surface area (Å²) in [6.07, 6.45) is 0. The number of anilines is 3. The van der Waals surface area contributed by atoms with Gasteiger partial charge in [-0.25, -0.2) is 0 Å². The van der Waals surface area contributed by atoms with Gasteiger partial charge in [0, 0.05) is 81.7 Å². The summed E-state index contributed by atoms with van der Waals surface area (Å²) in [4.78, 5) is 2.28. The Bertz CT molecular complexity index is 3300. The van der Waals surface area contributed by atoms with Crippen molar-refractivity contribution < 1.29 is 13.3 Å². The SMILES string of the molecule is c1ccc2c(c1)oc1cc(N(c3ccc(-c4cccc5sc6ccc7c8ccccc8oc7c6c45)cc3)c3ccc4c(c3)oc3ccccc34)ccc12. The van der Waals surface area contributed by atoms with E-state index in [0.717, 1.165) is 88.4 Å². The van der Waals surface area contributed by atoms with Crippen molar-refractivity contribution in [3.05, 3.63) is 164 Å². The maximum Gasteiger partial charge on any atom is 0.144 e. The molecule has 12 rings (SSSR count). The zero-order chi connectivity index (χ0) is 34.6. The van der Waals surface area contributed by atoms with Gasteiger partial charge in [-0.15, -0.1) is 11.3 Å². The van der Waals surface area contributed by atoms with Crippen molar-refractivity contribution in [2.24, 2.45) is 0 Å². The van der Waals surface area contributed by atoms with Crippen LogP contribution in [0.5, 0.6) is 0 Å². The molecule has 12 aromatic rings. The molecule has 4 aromatic heterocycles. The molecule has 0 unspecified atom stereocenters. The van der Waals surface area contributed by atoms with E-state index in [1.807, 2.05) is 41.7 Å². The standard InChI is InChI=1S/C48H27NO3S/c1-4-12-39-33(8-1)36-22-20-30(26-42(36)50-39)49(31-21-23-37-34-9-2-5-13-40(34)51-43(37)27-31)29-18-16-28(17-19-29)32-11-7-15-44-46(32)47-45(53-44)25-24-38-35-10-3-6-14-41(35)52-48(38)47/h1-27H. The number of fused-ring (bicyclic) bond motifs is 13. The molecule has 0 fully saturated rings. The average molecular weight is 698 g/mol. The van der Waals surface area contributed by atoms with Gasteiger partial charge in [0.05, 0.1) is 0 Å². The molecule has 0 bridgehead atoms. The molecule has 0 amide bonds. The van der Waals surface area contributed by atoms with E-state index in [4.69, 9.17) is 13.3 Å². The summed E-state index contributed by atoms with van der Waals surface area (Å²) in [7, 11) is 0. The van der Waals surface area contributed by atoms with Gasteiger partial charge in [-0.2, -0.15) is 0 Å². The van der Waals surface area contributed by atoms with Gasteiger partial charge in [-0.1, -0.05) is 78.9 Å². The van der Waals surface area contributed by atoms with Crippen LogP contribution >= 0.6 is 11.3 Å². The Morgan fingerprint density at radius 2 is 0.868 bits per heavy atom. The van der Waals surface area contributed by atoms with Gasteiger partial charge in [0.1, 0.15) is 33.5 Å². The molecule has 4 nitrogen and oxygen atoms in total. The topological polar surface area (TPSA) is 42.7 Å². The molecule has 5 heteroatoms. The van der Waals surface area contributed by atoms with Gasteiger partial charge in [-0.3, -0.25) is 0 Å². The van der Waals surface area contributed by atoms with Gasteiger partial charge >= 0.3 is 0 Å². The molecule has 0 spiro atoms. The first-order valence-corrected chi connectivity index (χ1v) is 18.6. The number of furan rings is 3. The largest absolute Gasteiger partial charge is 0.456 e. The molecule has 0 N–H and O–H groups in total. The fourth-order valence-corrected chi connectivity index (χ4v) is 9.40. The van der Waals surface area contributed by atoms with Crippen molar-refractivity contribution in [2.75, 3.05) is 4.90 Å². The molecule has 8 aromatic carbocycles. The second-order valence-electron chi connectivity index (χ2n) is 13.6. The van der Waals surface area contributed by atoms with Gasteiger partial charge in [-0.05, 0) is 83.9 Å². The zero-order valence-electron chi connectivity index (χ0n) is 28.2. The third-order valence-corrected chi connectivity index (χ3v) is 11.8. The minimum atomic E-state index is 0.850. The number of thiophene rings is 1. The van der Waals surface area contributed by atoms with Gasteiger partial charge in [0.25, 0.3) is 0 Å². The van der Waals surface area contributed by atoms with Crippen LogP contribution in [0.3, 0.4) is 0 Å². The van der Waals surface area contributed by atoms with Crippen molar-refractivity contribution >= 4 is 114 Å². The molecule has 53 heavy (non-hydrogen) atoms. The molecular formula is C48H27NO3S. The molecule has 248 valence electrons. The first-order chi connectivity index (χ1) is 26.2. The normalized spacial score (nSPS) is 12.2. The van der Waals surface area contributed by atoms with Gasteiger partial charge < -0.3 is 18.2 Å². The molecule has 4 heterocycles. The van der Waals surface area contributed by atoms with Crippen molar-refractivity contribution in [2.45, 2.75) is 0 Å².